The summed E-state index contributed by atoms with van der Waals surface area (Å²) in [6, 6.07) is 10.4. The van der Waals surface area contributed by atoms with Crippen molar-refractivity contribution >= 4 is 56.7 Å². The third-order valence-corrected chi connectivity index (χ3v) is 8.86. The lowest BCUT2D eigenvalue weighted by Gasteiger charge is -2.17. The van der Waals surface area contributed by atoms with Crippen molar-refractivity contribution in [1.82, 2.24) is 0 Å². The molecule has 0 bridgehead atoms. The Morgan fingerprint density at radius 2 is 2.10 bits per heavy atom. The highest BCUT2D eigenvalue weighted by Crippen LogP contribution is 2.34. The Balaban J connectivity index is 1.46. The second-order valence-electron chi connectivity index (χ2n) is 7.65. The monoisotopic (exact) mass is 480 g/mol. The number of aliphatic hydroxyl groups excluding tert-OH is 2. The molecule has 1 saturated carbocycles. The molecule has 1 aromatic carbocycles. The van der Waals surface area contributed by atoms with E-state index in [0.717, 1.165) is 24.3 Å². The van der Waals surface area contributed by atoms with Crippen molar-refractivity contribution in [3.8, 4) is 0 Å². The second-order valence-corrected chi connectivity index (χ2v) is 11.2. The number of thioether (sulfide) groups is 2. The van der Waals surface area contributed by atoms with Crippen LogP contribution in [0.5, 0.6) is 0 Å². The van der Waals surface area contributed by atoms with Gasteiger partial charge in [-0.25, -0.2) is 0 Å². The maximum Gasteiger partial charge on any atom is 0.313 e. The summed E-state index contributed by atoms with van der Waals surface area (Å²) in [5.74, 6) is 0.515. The number of rotatable bonds is 12. The summed E-state index contributed by atoms with van der Waals surface area (Å²) in [6.07, 6.45) is 4.54. The molecule has 1 fully saturated rings. The summed E-state index contributed by atoms with van der Waals surface area (Å²) >= 11 is 4.64. The van der Waals surface area contributed by atoms with E-state index < -0.39 is 18.2 Å². The summed E-state index contributed by atoms with van der Waals surface area (Å²) in [5, 5.41) is 30.3. The number of ketones is 1. The normalized spacial score (nSPS) is 22.5. The molecule has 1 aromatic heterocycles. The number of benzene rings is 1. The van der Waals surface area contributed by atoms with E-state index in [1.54, 1.807) is 17.4 Å². The molecule has 0 aliphatic heterocycles. The quantitative estimate of drug-likeness (QED) is 0.312. The molecule has 5 nitrogen and oxygen atoms in total. The third-order valence-electron chi connectivity index (χ3n) is 5.20. The number of hydrogen-bond donors (Lipinski definition) is 3. The zero-order valence-corrected chi connectivity index (χ0v) is 19.6. The zero-order valence-electron chi connectivity index (χ0n) is 17.2. The van der Waals surface area contributed by atoms with Gasteiger partial charge < -0.3 is 15.3 Å². The first-order valence-corrected chi connectivity index (χ1v) is 13.4. The molecule has 0 amide bonds. The van der Waals surface area contributed by atoms with Gasteiger partial charge in [0, 0.05) is 21.9 Å². The molecule has 4 atom stereocenters. The first-order valence-electron chi connectivity index (χ1n) is 10.4. The maximum atomic E-state index is 12.3. The summed E-state index contributed by atoms with van der Waals surface area (Å²) in [4.78, 5) is 24.1. The van der Waals surface area contributed by atoms with Gasteiger partial charge in [-0.15, -0.1) is 23.1 Å². The lowest BCUT2D eigenvalue weighted by molar-refractivity contribution is -0.133. The van der Waals surface area contributed by atoms with Crippen LogP contribution in [-0.4, -0.2) is 61.8 Å². The molecule has 31 heavy (non-hydrogen) atoms. The smallest absolute Gasteiger partial charge is 0.313 e. The third kappa shape index (κ3) is 7.36. The van der Waals surface area contributed by atoms with Crippen molar-refractivity contribution in [2.75, 3.05) is 17.3 Å². The van der Waals surface area contributed by atoms with Crippen molar-refractivity contribution in [2.45, 2.75) is 43.1 Å². The molecule has 168 valence electrons. The Morgan fingerprint density at radius 3 is 2.87 bits per heavy atom. The predicted octanol–water partition coefficient (Wildman–Crippen LogP) is 4.01. The summed E-state index contributed by atoms with van der Waals surface area (Å²) < 4.78 is 1.25. The van der Waals surface area contributed by atoms with Crippen LogP contribution in [0.3, 0.4) is 0 Å². The van der Waals surface area contributed by atoms with Gasteiger partial charge in [0.25, 0.3) is 0 Å². The number of carboxylic acids is 1. The van der Waals surface area contributed by atoms with Gasteiger partial charge in [0.15, 0.2) is 0 Å². The Morgan fingerprint density at radius 1 is 1.29 bits per heavy atom. The van der Waals surface area contributed by atoms with Gasteiger partial charge in [0.05, 0.1) is 23.2 Å². The maximum absolute atomic E-state index is 12.3. The van der Waals surface area contributed by atoms with Gasteiger partial charge in [-0.2, -0.15) is 11.8 Å². The Labute approximate surface area is 194 Å². The number of fused-ring (bicyclic) bond motifs is 1. The van der Waals surface area contributed by atoms with Gasteiger partial charge in [-0.3, -0.25) is 9.59 Å². The number of hydrogen-bond acceptors (Lipinski definition) is 7. The van der Waals surface area contributed by atoms with E-state index in [1.165, 1.54) is 38.5 Å². The molecular formula is C23H28O5S3. The van der Waals surface area contributed by atoms with Crippen molar-refractivity contribution in [1.29, 1.82) is 0 Å². The van der Waals surface area contributed by atoms with E-state index in [9.17, 15) is 19.8 Å². The van der Waals surface area contributed by atoms with Crippen LogP contribution in [0.2, 0.25) is 0 Å². The first kappa shape index (κ1) is 24.3. The molecule has 0 radical (unpaired) electrons. The Kier molecular flexibility index (Phi) is 9.47. The molecule has 0 spiro atoms. The van der Waals surface area contributed by atoms with E-state index in [-0.39, 0.29) is 29.1 Å². The molecule has 1 aliphatic carbocycles. The van der Waals surface area contributed by atoms with Crippen LogP contribution < -0.4 is 0 Å². The number of carbonyl (C=O) groups is 2. The molecule has 8 heteroatoms. The number of aryl methyl sites for hydroxylation is 1. The van der Waals surface area contributed by atoms with Gasteiger partial charge in [0.1, 0.15) is 5.78 Å². The molecule has 1 aliphatic rings. The number of thiophene rings is 1. The van der Waals surface area contributed by atoms with E-state index in [2.05, 4.69) is 18.2 Å². The van der Waals surface area contributed by atoms with Crippen LogP contribution in [0.1, 0.15) is 24.1 Å². The van der Waals surface area contributed by atoms with Crippen LogP contribution >= 0.6 is 34.9 Å². The van der Waals surface area contributed by atoms with Crippen LogP contribution in [0, 0.1) is 5.92 Å². The highest BCUT2D eigenvalue weighted by Gasteiger charge is 2.40. The molecule has 3 rings (SSSR count). The minimum Gasteiger partial charge on any atom is -0.481 e. The van der Waals surface area contributed by atoms with Crippen LogP contribution in [0.25, 0.3) is 10.1 Å². The van der Waals surface area contributed by atoms with Gasteiger partial charge in [-0.05, 0) is 48.3 Å². The fourth-order valence-electron chi connectivity index (χ4n) is 3.64. The largest absolute Gasteiger partial charge is 0.481 e. The number of Topliss-reactive ketones (excluding diaryl/α,β-unsaturated/α-hetero) is 1. The number of aliphatic hydroxyl groups is 2. The average Bonchev–Trinajstić information content (AvgIpc) is 3.27. The van der Waals surface area contributed by atoms with Crippen molar-refractivity contribution in [3.63, 3.8) is 0 Å². The fraction of sp³-hybridized carbons (Fsp3) is 0.478. The number of carbonyl (C=O) groups excluding carboxylic acids is 1. The van der Waals surface area contributed by atoms with Crippen LogP contribution in [0.4, 0.5) is 0 Å². The molecule has 0 saturated heterocycles. The second kappa shape index (κ2) is 12.1. The molecule has 1 heterocycles. The lowest BCUT2D eigenvalue weighted by Crippen LogP contribution is -2.22. The minimum absolute atomic E-state index is 0.0464. The molecular weight excluding hydrogens is 452 g/mol. The molecule has 3 N–H and O–H groups in total. The Bertz CT molecular complexity index is 877. The van der Waals surface area contributed by atoms with Gasteiger partial charge in [-0.1, -0.05) is 30.4 Å². The average molecular weight is 481 g/mol. The standard InChI is InChI=1S/C23H28O5S3/c24-16(6-8-17-12-15-4-1-2-5-21(15)31-17)7-9-18-19(25)13-20(26)23(18)30-11-3-10-29-14-22(27)28/h1-2,4-5,7,9,12,16,18-19,23-25H,3,6,8,10-11,13-14H2,(H,27,28)/b9-7+/t16?,18-,19+,23+/m0/s1. The number of carboxylic acid groups (broad SMARTS) is 1. The summed E-state index contributed by atoms with van der Waals surface area (Å²) in [7, 11) is 0. The van der Waals surface area contributed by atoms with E-state index >= 15 is 0 Å². The van der Waals surface area contributed by atoms with E-state index in [4.69, 9.17) is 5.11 Å². The van der Waals surface area contributed by atoms with Crippen LogP contribution in [-0.2, 0) is 16.0 Å². The van der Waals surface area contributed by atoms with Crippen molar-refractivity contribution in [3.05, 3.63) is 47.4 Å². The Hall–Kier alpha value is -1.32. The van der Waals surface area contributed by atoms with Gasteiger partial charge >= 0.3 is 5.97 Å². The molecule has 1 unspecified atom stereocenters. The minimum atomic E-state index is -0.817. The van der Waals surface area contributed by atoms with E-state index in [1.807, 2.05) is 18.2 Å². The molecule has 2 aromatic rings. The fourth-order valence-corrected chi connectivity index (χ4v) is 6.91. The first-order chi connectivity index (χ1) is 14.9. The summed E-state index contributed by atoms with van der Waals surface area (Å²) in [5.41, 5.74) is 0. The predicted molar refractivity (Wildman–Crippen MR) is 130 cm³/mol. The topological polar surface area (TPSA) is 94.8 Å². The highest BCUT2D eigenvalue weighted by atomic mass is 32.2. The number of aliphatic carboxylic acids is 1. The van der Waals surface area contributed by atoms with Crippen LogP contribution in [0.15, 0.2) is 42.5 Å². The van der Waals surface area contributed by atoms with Crippen molar-refractivity contribution < 1.29 is 24.9 Å². The lowest BCUT2D eigenvalue weighted by atomic mass is 10.0. The van der Waals surface area contributed by atoms with Gasteiger partial charge in [0.2, 0.25) is 0 Å². The zero-order chi connectivity index (χ0) is 22.2. The summed E-state index contributed by atoms with van der Waals surface area (Å²) in [6.45, 7) is 0. The van der Waals surface area contributed by atoms with E-state index in [0.29, 0.717) is 6.42 Å². The van der Waals surface area contributed by atoms with Crippen molar-refractivity contribution in [2.24, 2.45) is 5.92 Å². The highest BCUT2D eigenvalue weighted by molar-refractivity contribution is 8.01. The SMILES string of the molecule is O=C(O)CSCCCS[C@H]1C(=O)C[C@@H](O)[C@@H]1/C=C/C(O)CCc1cc2ccccc2s1.